The predicted octanol–water partition coefficient (Wildman–Crippen LogP) is 5.01. The third-order valence-corrected chi connectivity index (χ3v) is 6.11. The van der Waals surface area contributed by atoms with Gasteiger partial charge < -0.3 is 9.32 Å². The van der Waals surface area contributed by atoms with Gasteiger partial charge in [-0.3, -0.25) is 9.69 Å². The molecule has 1 saturated heterocycles. The van der Waals surface area contributed by atoms with Crippen LogP contribution in [0.15, 0.2) is 40.8 Å². The highest BCUT2D eigenvalue weighted by molar-refractivity contribution is 5.78. The molecule has 1 fully saturated rings. The van der Waals surface area contributed by atoms with E-state index in [0.29, 0.717) is 11.8 Å². The lowest BCUT2D eigenvalue weighted by molar-refractivity contribution is -0.136. The molecule has 2 heterocycles. The van der Waals surface area contributed by atoms with Gasteiger partial charge in [0.05, 0.1) is 6.54 Å². The van der Waals surface area contributed by atoms with Crippen LogP contribution in [-0.4, -0.2) is 41.4 Å². The molecule has 2 atom stereocenters. The van der Waals surface area contributed by atoms with Gasteiger partial charge >= 0.3 is 0 Å². The molecule has 2 unspecified atom stereocenters. The normalized spacial score (nSPS) is 20.0. The van der Waals surface area contributed by atoms with E-state index in [9.17, 15) is 4.79 Å². The second-order valence-corrected chi connectivity index (χ2v) is 9.17. The third-order valence-electron chi connectivity index (χ3n) is 6.11. The van der Waals surface area contributed by atoms with E-state index in [0.717, 1.165) is 37.7 Å². The van der Waals surface area contributed by atoms with Crippen molar-refractivity contribution >= 4 is 5.91 Å². The highest BCUT2D eigenvalue weighted by Gasteiger charge is 2.37. The Bertz CT molecular complexity index is 824. The number of rotatable bonds is 7. The van der Waals surface area contributed by atoms with Crippen LogP contribution >= 0.6 is 0 Å². The molecule has 3 rings (SSSR count). The van der Waals surface area contributed by atoms with E-state index in [2.05, 4.69) is 60.9 Å². The van der Waals surface area contributed by atoms with Crippen molar-refractivity contribution in [1.29, 1.82) is 0 Å². The van der Waals surface area contributed by atoms with Gasteiger partial charge in [0.2, 0.25) is 5.91 Å². The topological polar surface area (TPSA) is 36.7 Å². The van der Waals surface area contributed by atoms with Crippen LogP contribution in [0.2, 0.25) is 0 Å². The lowest BCUT2D eigenvalue weighted by atomic mass is 9.86. The van der Waals surface area contributed by atoms with Crippen molar-refractivity contribution < 1.29 is 9.21 Å². The van der Waals surface area contributed by atoms with Crippen LogP contribution in [0.25, 0.3) is 0 Å². The first-order chi connectivity index (χ1) is 13.8. The number of carbonyl (C=O) groups excluding carboxylic acids is 1. The number of benzene rings is 1. The highest BCUT2D eigenvalue weighted by atomic mass is 16.3. The number of furan rings is 1. The van der Waals surface area contributed by atoms with Crippen molar-refractivity contribution in [3.63, 3.8) is 0 Å². The largest absolute Gasteiger partial charge is 0.465 e. The van der Waals surface area contributed by atoms with Gasteiger partial charge in [0.25, 0.3) is 0 Å². The maximum absolute atomic E-state index is 12.9. The summed E-state index contributed by atoms with van der Waals surface area (Å²) in [5.41, 5.74) is 2.75. The van der Waals surface area contributed by atoms with Gasteiger partial charge in [0.1, 0.15) is 11.5 Å². The zero-order valence-electron chi connectivity index (χ0n) is 18.8. The fraction of sp³-hybridized carbons (Fsp3) is 0.560. The summed E-state index contributed by atoms with van der Waals surface area (Å²) in [5.74, 6) is 3.10. The summed E-state index contributed by atoms with van der Waals surface area (Å²) in [6.45, 7) is 16.0. The lowest BCUT2D eigenvalue weighted by Gasteiger charge is -2.33. The zero-order valence-corrected chi connectivity index (χ0v) is 18.8. The Morgan fingerprint density at radius 3 is 2.41 bits per heavy atom. The molecule has 1 aliphatic rings. The molecule has 1 amide bonds. The Hall–Kier alpha value is -2.07. The van der Waals surface area contributed by atoms with Crippen LogP contribution in [0.5, 0.6) is 0 Å². The van der Waals surface area contributed by atoms with Crippen LogP contribution in [0.4, 0.5) is 0 Å². The second kappa shape index (κ2) is 9.17. The summed E-state index contributed by atoms with van der Waals surface area (Å²) >= 11 is 0. The second-order valence-electron chi connectivity index (χ2n) is 9.17. The molecule has 29 heavy (non-hydrogen) atoms. The van der Waals surface area contributed by atoms with Crippen molar-refractivity contribution in [2.45, 2.75) is 60.0 Å². The zero-order chi connectivity index (χ0) is 21.1. The number of aryl methyl sites for hydroxylation is 2. The highest BCUT2D eigenvalue weighted by Crippen LogP contribution is 2.36. The molecule has 1 aromatic carbocycles. The molecular formula is C25H36N2O2. The Balaban J connectivity index is 1.84. The number of hydrogen-bond donors (Lipinski definition) is 0. The van der Waals surface area contributed by atoms with Crippen molar-refractivity contribution in [2.24, 2.45) is 11.8 Å². The number of carbonyl (C=O) groups is 1. The monoisotopic (exact) mass is 396 g/mol. The first-order valence-electron chi connectivity index (χ1n) is 10.9. The maximum atomic E-state index is 12.9. The molecule has 158 valence electrons. The molecule has 4 heteroatoms. The van der Waals surface area contributed by atoms with Gasteiger partial charge in [-0.05, 0) is 56.9 Å². The summed E-state index contributed by atoms with van der Waals surface area (Å²) in [6, 6.07) is 13.0. The Kier molecular flexibility index (Phi) is 6.84. The lowest BCUT2D eigenvalue weighted by Crippen LogP contribution is -2.43. The Morgan fingerprint density at radius 2 is 1.83 bits per heavy atom. The van der Waals surface area contributed by atoms with E-state index in [-0.39, 0.29) is 17.9 Å². The van der Waals surface area contributed by atoms with E-state index < -0.39 is 0 Å². The van der Waals surface area contributed by atoms with E-state index >= 15 is 0 Å². The fourth-order valence-corrected chi connectivity index (χ4v) is 4.56. The van der Waals surface area contributed by atoms with E-state index in [1.54, 1.807) is 0 Å². The molecule has 2 aromatic rings. The summed E-state index contributed by atoms with van der Waals surface area (Å²) in [5, 5.41) is 0. The maximum Gasteiger partial charge on any atom is 0.225 e. The smallest absolute Gasteiger partial charge is 0.225 e. The van der Waals surface area contributed by atoms with E-state index in [4.69, 9.17) is 4.42 Å². The molecule has 0 saturated carbocycles. The molecule has 0 radical (unpaired) electrons. The average molecular weight is 397 g/mol. The minimum Gasteiger partial charge on any atom is -0.465 e. The number of hydrogen-bond acceptors (Lipinski definition) is 3. The van der Waals surface area contributed by atoms with E-state index in [1.165, 1.54) is 11.1 Å². The number of nitrogens with zero attached hydrogens (tertiary/aromatic N) is 2. The van der Waals surface area contributed by atoms with Gasteiger partial charge in [-0.1, -0.05) is 38.1 Å². The van der Waals surface area contributed by atoms with Gasteiger partial charge in [-0.15, -0.1) is 0 Å². The summed E-state index contributed by atoms with van der Waals surface area (Å²) < 4.78 is 5.83. The SMILES string of the molecule is Cc1ccc(CN2CC(CN(C(=O)C(C)C)C(C)C)C(c3ccccc3C)C2)o1. The standard InChI is InChI=1S/C25H36N2O2/c1-17(2)25(28)27(18(3)4)14-21-13-26(15-22-12-11-20(6)29-22)16-24(21)23-10-8-7-9-19(23)5/h7-12,17-18,21,24H,13-16H2,1-6H3. The minimum absolute atomic E-state index is 0.0258. The quantitative estimate of drug-likeness (QED) is 0.660. The molecule has 0 N–H and O–H groups in total. The summed E-state index contributed by atoms with van der Waals surface area (Å²) in [4.78, 5) is 17.4. The van der Waals surface area contributed by atoms with Gasteiger partial charge in [0, 0.05) is 37.5 Å². The fourth-order valence-electron chi connectivity index (χ4n) is 4.56. The first-order valence-corrected chi connectivity index (χ1v) is 10.9. The molecular weight excluding hydrogens is 360 g/mol. The van der Waals surface area contributed by atoms with Gasteiger partial charge in [-0.2, -0.15) is 0 Å². The van der Waals surface area contributed by atoms with Crippen molar-refractivity contribution in [3.8, 4) is 0 Å². The van der Waals surface area contributed by atoms with Gasteiger partial charge in [-0.25, -0.2) is 0 Å². The molecule has 0 spiro atoms. The third kappa shape index (κ3) is 5.11. The van der Waals surface area contributed by atoms with Crippen LogP contribution in [0, 0.1) is 25.7 Å². The Labute approximate surface area is 175 Å². The minimum atomic E-state index is 0.0258. The summed E-state index contributed by atoms with van der Waals surface area (Å²) in [6.07, 6.45) is 0. The molecule has 0 aliphatic carbocycles. The Morgan fingerprint density at radius 1 is 1.10 bits per heavy atom. The van der Waals surface area contributed by atoms with Crippen molar-refractivity contribution in [1.82, 2.24) is 9.80 Å². The van der Waals surface area contributed by atoms with Crippen LogP contribution in [-0.2, 0) is 11.3 Å². The van der Waals surface area contributed by atoms with Crippen LogP contribution in [0.3, 0.4) is 0 Å². The van der Waals surface area contributed by atoms with Gasteiger partial charge in [0.15, 0.2) is 0 Å². The first kappa shape index (κ1) is 21.6. The predicted molar refractivity (Wildman–Crippen MR) is 118 cm³/mol. The van der Waals surface area contributed by atoms with Crippen molar-refractivity contribution in [3.05, 3.63) is 59.0 Å². The average Bonchev–Trinajstić information content (AvgIpc) is 3.25. The van der Waals surface area contributed by atoms with Crippen molar-refractivity contribution in [2.75, 3.05) is 19.6 Å². The molecule has 1 aliphatic heterocycles. The van der Waals surface area contributed by atoms with E-state index in [1.807, 2.05) is 26.8 Å². The summed E-state index contributed by atoms with van der Waals surface area (Å²) in [7, 11) is 0. The van der Waals surface area contributed by atoms with Crippen LogP contribution in [0.1, 0.15) is 56.3 Å². The molecule has 1 aromatic heterocycles. The number of likely N-dealkylation sites (tertiary alicyclic amines) is 1. The molecule has 4 nitrogen and oxygen atoms in total. The van der Waals surface area contributed by atoms with Crippen LogP contribution < -0.4 is 0 Å². The molecule has 0 bridgehead atoms. The number of amides is 1.